The highest BCUT2D eigenvalue weighted by Gasteiger charge is 2.31. The Morgan fingerprint density at radius 2 is 1.80 bits per heavy atom. The van der Waals surface area contributed by atoms with Crippen LogP contribution in [0.5, 0.6) is 0 Å². The zero-order valence-corrected chi connectivity index (χ0v) is 18.5. The zero-order chi connectivity index (χ0) is 21.5. The minimum absolute atomic E-state index is 0.00206. The lowest BCUT2D eigenvalue weighted by Gasteiger charge is -2.18. The number of aliphatic imine (C=N–C) groups is 1. The third-order valence-corrected chi connectivity index (χ3v) is 5.63. The van der Waals surface area contributed by atoms with Gasteiger partial charge in [0.2, 0.25) is 0 Å². The second-order valence-electron chi connectivity index (χ2n) is 7.41. The number of aryl methyl sites for hydroxylation is 1. The summed E-state index contributed by atoms with van der Waals surface area (Å²) in [5, 5.41) is 9.47. The molecule has 0 unspecified atom stereocenters. The van der Waals surface area contributed by atoms with Crippen LogP contribution in [0.3, 0.4) is 0 Å². The van der Waals surface area contributed by atoms with Gasteiger partial charge in [-0.25, -0.2) is 4.99 Å². The average molecular weight is 425 g/mol. The summed E-state index contributed by atoms with van der Waals surface area (Å²) in [5.74, 6) is 0.974. The Bertz CT molecular complexity index is 918. The smallest absolute Gasteiger partial charge is 0.283 e. The monoisotopic (exact) mass is 424 g/mol. The van der Waals surface area contributed by atoms with E-state index in [0.717, 1.165) is 16.8 Å². The Morgan fingerprint density at radius 3 is 2.43 bits per heavy atom. The molecule has 30 heavy (non-hydrogen) atoms. The van der Waals surface area contributed by atoms with E-state index in [4.69, 9.17) is 9.84 Å². The van der Waals surface area contributed by atoms with Gasteiger partial charge in [-0.15, -0.1) is 0 Å². The van der Waals surface area contributed by atoms with E-state index < -0.39 is 0 Å². The molecule has 1 heterocycles. The number of aliphatic hydroxyl groups is 1. The fourth-order valence-corrected chi connectivity index (χ4v) is 3.87. The Balaban J connectivity index is 1.84. The molecule has 2 aromatic rings. The molecule has 0 aromatic heterocycles. The van der Waals surface area contributed by atoms with E-state index in [1.165, 1.54) is 17.3 Å². The van der Waals surface area contributed by atoms with Gasteiger partial charge in [0.15, 0.2) is 5.17 Å². The quantitative estimate of drug-likeness (QED) is 0.497. The van der Waals surface area contributed by atoms with Gasteiger partial charge in [-0.05, 0) is 42.2 Å². The highest BCUT2D eigenvalue weighted by atomic mass is 32.2. The van der Waals surface area contributed by atoms with Crippen LogP contribution in [-0.2, 0) is 9.53 Å². The molecular weight excluding hydrogens is 396 g/mol. The average Bonchev–Trinajstić information content (AvgIpc) is 3.04. The van der Waals surface area contributed by atoms with Crippen molar-refractivity contribution in [3.05, 3.63) is 70.9 Å². The van der Waals surface area contributed by atoms with Gasteiger partial charge < -0.3 is 9.84 Å². The Kier molecular flexibility index (Phi) is 7.85. The number of anilines is 1. The summed E-state index contributed by atoms with van der Waals surface area (Å²) >= 11 is 1.47. The van der Waals surface area contributed by atoms with Crippen LogP contribution >= 0.6 is 11.8 Å². The van der Waals surface area contributed by atoms with Crippen LogP contribution in [0.4, 0.5) is 5.69 Å². The van der Waals surface area contributed by atoms with Crippen molar-refractivity contribution < 1.29 is 14.6 Å². The molecule has 0 saturated carbocycles. The number of amides is 1. The molecule has 1 N–H and O–H groups in total. The maximum atomic E-state index is 13.2. The van der Waals surface area contributed by atoms with Gasteiger partial charge in [0.25, 0.3) is 5.91 Å². The number of carbonyl (C=O) groups excluding carboxylic acids is 1. The van der Waals surface area contributed by atoms with Gasteiger partial charge in [-0.3, -0.25) is 9.69 Å². The second kappa shape index (κ2) is 10.6. The molecule has 0 fully saturated rings. The molecule has 0 bridgehead atoms. The first-order valence-electron chi connectivity index (χ1n) is 10.1. The SMILES string of the molecule is Cc1ccc(N2C(=O)C(=Cc3ccc(C(C)C)cc3)N=C2SCCOCCO)cc1. The Hall–Kier alpha value is -2.41. The summed E-state index contributed by atoms with van der Waals surface area (Å²) < 4.78 is 5.34. The summed E-state index contributed by atoms with van der Waals surface area (Å²) in [6.45, 7) is 7.13. The van der Waals surface area contributed by atoms with Gasteiger partial charge in [0.05, 0.1) is 25.5 Å². The van der Waals surface area contributed by atoms with Crippen LogP contribution in [-0.4, -0.2) is 41.8 Å². The molecule has 1 aliphatic rings. The largest absolute Gasteiger partial charge is 0.394 e. The molecule has 2 aromatic carbocycles. The van der Waals surface area contributed by atoms with Gasteiger partial charge in [0.1, 0.15) is 5.70 Å². The van der Waals surface area contributed by atoms with Crippen LogP contribution in [0.2, 0.25) is 0 Å². The fourth-order valence-electron chi connectivity index (χ4n) is 3.01. The summed E-state index contributed by atoms with van der Waals surface area (Å²) in [7, 11) is 0. The number of thioether (sulfide) groups is 1. The minimum atomic E-state index is -0.134. The highest BCUT2D eigenvalue weighted by Crippen LogP contribution is 2.29. The predicted molar refractivity (Wildman–Crippen MR) is 125 cm³/mol. The van der Waals surface area contributed by atoms with E-state index in [-0.39, 0.29) is 12.5 Å². The lowest BCUT2D eigenvalue weighted by Crippen LogP contribution is -2.30. The van der Waals surface area contributed by atoms with Crippen molar-refractivity contribution >= 4 is 34.6 Å². The summed E-state index contributed by atoms with van der Waals surface area (Å²) in [5.41, 5.74) is 4.57. The first-order chi connectivity index (χ1) is 14.5. The predicted octanol–water partition coefficient (Wildman–Crippen LogP) is 4.60. The lowest BCUT2D eigenvalue weighted by molar-refractivity contribution is -0.113. The molecule has 0 atom stereocenters. The Labute approximate surface area is 182 Å². The number of ether oxygens (including phenoxy) is 1. The van der Waals surface area contributed by atoms with E-state index in [0.29, 0.717) is 35.7 Å². The molecule has 0 spiro atoms. The van der Waals surface area contributed by atoms with Crippen molar-refractivity contribution in [1.82, 2.24) is 0 Å². The first kappa shape index (κ1) is 22.3. The van der Waals surface area contributed by atoms with Crippen LogP contribution in [0.25, 0.3) is 6.08 Å². The first-order valence-corrected chi connectivity index (χ1v) is 11.1. The molecule has 158 valence electrons. The van der Waals surface area contributed by atoms with E-state index in [9.17, 15) is 4.79 Å². The highest BCUT2D eigenvalue weighted by molar-refractivity contribution is 8.14. The zero-order valence-electron chi connectivity index (χ0n) is 17.7. The number of carbonyl (C=O) groups is 1. The molecule has 1 aliphatic heterocycles. The molecule has 0 radical (unpaired) electrons. The lowest BCUT2D eigenvalue weighted by atomic mass is 10.0. The number of nitrogens with zero attached hydrogens (tertiary/aromatic N) is 2. The van der Waals surface area contributed by atoms with Crippen molar-refractivity contribution in [1.29, 1.82) is 0 Å². The van der Waals surface area contributed by atoms with Crippen molar-refractivity contribution in [3.63, 3.8) is 0 Å². The van der Waals surface area contributed by atoms with E-state index in [1.54, 1.807) is 4.90 Å². The number of benzene rings is 2. The van der Waals surface area contributed by atoms with Crippen LogP contribution in [0.1, 0.15) is 36.5 Å². The molecule has 0 aliphatic carbocycles. The molecule has 1 amide bonds. The van der Waals surface area contributed by atoms with Crippen molar-refractivity contribution in [2.45, 2.75) is 26.7 Å². The van der Waals surface area contributed by atoms with Crippen LogP contribution in [0.15, 0.2) is 59.2 Å². The molecule has 6 heteroatoms. The van der Waals surface area contributed by atoms with Crippen LogP contribution in [0, 0.1) is 6.92 Å². The van der Waals surface area contributed by atoms with Gasteiger partial charge >= 0.3 is 0 Å². The van der Waals surface area contributed by atoms with E-state index >= 15 is 0 Å². The topological polar surface area (TPSA) is 62.1 Å². The summed E-state index contributed by atoms with van der Waals surface area (Å²) in [4.78, 5) is 19.5. The number of amidine groups is 1. The fraction of sp³-hybridized carbons (Fsp3) is 0.333. The van der Waals surface area contributed by atoms with Gasteiger partial charge in [0, 0.05) is 5.75 Å². The molecule has 5 nitrogen and oxygen atoms in total. The summed E-state index contributed by atoms with van der Waals surface area (Å²) in [6, 6.07) is 16.1. The molecular formula is C24H28N2O3S. The number of hydrogen-bond donors (Lipinski definition) is 1. The normalized spacial score (nSPS) is 15.4. The Morgan fingerprint density at radius 1 is 1.10 bits per heavy atom. The van der Waals surface area contributed by atoms with Crippen molar-refractivity contribution in [3.8, 4) is 0 Å². The number of rotatable bonds is 8. The number of hydrogen-bond acceptors (Lipinski definition) is 5. The van der Waals surface area contributed by atoms with Crippen LogP contribution < -0.4 is 4.90 Å². The van der Waals surface area contributed by atoms with Gasteiger partial charge in [-0.2, -0.15) is 0 Å². The maximum absolute atomic E-state index is 13.2. The van der Waals surface area contributed by atoms with Crippen molar-refractivity contribution in [2.75, 3.05) is 30.5 Å². The molecule has 0 saturated heterocycles. The third-order valence-electron chi connectivity index (χ3n) is 4.72. The third kappa shape index (κ3) is 5.59. The van der Waals surface area contributed by atoms with Crippen molar-refractivity contribution in [2.24, 2.45) is 4.99 Å². The van der Waals surface area contributed by atoms with E-state index in [2.05, 4.69) is 31.0 Å². The standard InChI is InChI=1S/C24H28N2O3S/c1-17(2)20-8-6-19(7-9-20)16-22-23(28)26(21-10-4-18(3)5-11-21)24(25-22)30-15-14-29-13-12-27/h4-11,16-17,27H,12-15H2,1-3H3. The summed E-state index contributed by atoms with van der Waals surface area (Å²) in [6.07, 6.45) is 1.84. The number of aliphatic hydroxyl groups excluding tert-OH is 1. The minimum Gasteiger partial charge on any atom is -0.394 e. The second-order valence-corrected chi connectivity index (χ2v) is 8.47. The molecule has 3 rings (SSSR count). The van der Waals surface area contributed by atoms with Gasteiger partial charge in [-0.1, -0.05) is 67.6 Å². The maximum Gasteiger partial charge on any atom is 0.283 e. The van der Waals surface area contributed by atoms with E-state index in [1.807, 2.05) is 49.4 Å².